The maximum Gasteiger partial charge on any atom is 0.0925 e. The van der Waals surface area contributed by atoms with E-state index in [0.717, 1.165) is 19.5 Å². The Hall–Kier alpha value is -0.490. The minimum Gasteiger partial charge on any atom is -0.394 e. The molecule has 0 amide bonds. The molecule has 86 valence electrons. The fraction of sp³-hybridized carbons (Fsp3) is 0.700. The molecule has 1 aromatic rings. The molecule has 0 saturated heterocycles. The van der Waals surface area contributed by atoms with E-state index in [4.69, 9.17) is 9.84 Å². The summed E-state index contributed by atoms with van der Waals surface area (Å²) in [4.78, 5) is 5.54. The molecule has 5 heteroatoms. The molecule has 4 nitrogen and oxygen atoms in total. The van der Waals surface area contributed by atoms with Gasteiger partial charge in [-0.15, -0.1) is 11.3 Å². The van der Waals surface area contributed by atoms with Crippen molar-refractivity contribution in [3.8, 4) is 0 Å². The molecule has 1 aromatic heterocycles. The van der Waals surface area contributed by atoms with E-state index in [1.54, 1.807) is 11.3 Å². The Morgan fingerprint density at radius 2 is 2.40 bits per heavy atom. The van der Waals surface area contributed by atoms with Crippen LogP contribution in [0.5, 0.6) is 0 Å². The van der Waals surface area contributed by atoms with Gasteiger partial charge in [0.2, 0.25) is 0 Å². The van der Waals surface area contributed by atoms with Gasteiger partial charge in [0.15, 0.2) is 0 Å². The summed E-state index contributed by atoms with van der Waals surface area (Å²) in [5.74, 6) is 0. The third kappa shape index (κ3) is 5.22. The summed E-state index contributed by atoms with van der Waals surface area (Å²) >= 11 is 1.75. The van der Waals surface area contributed by atoms with Crippen molar-refractivity contribution in [3.63, 3.8) is 0 Å². The molecule has 1 heterocycles. The molecule has 0 aliphatic carbocycles. The normalized spacial score (nSPS) is 10.8. The van der Waals surface area contributed by atoms with Crippen LogP contribution in [0.3, 0.4) is 0 Å². The molecule has 0 saturated carbocycles. The minimum absolute atomic E-state index is 0.0920. The lowest BCUT2D eigenvalue weighted by Gasteiger charge is -2.03. The van der Waals surface area contributed by atoms with Gasteiger partial charge >= 0.3 is 0 Å². The lowest BCUT2D eigenvalue weighted by Crippen LogP contribution is -2.19. The summed E-state index contributed by atoms with van der Waals surface area (Å²) in [6.45, 7) is 4.91. The van der Waals surface area contributed by atoms with Crippen molar-refractivity contribution in [2.45, 2.75) is 19.9 Å². The first-order valence-corrected chi connectivity index (χ1v) is 6.01. The van der Waals surface area contributed by atoms with Crippen LogP contribution in [0.25, 0.3) is 0 Å². The van der Waals surface area contributed by atoms with Crippen LogP contribution >= 0.6 is 11.3 Å². The van der Waals surface area contributed by atoms with Crippen molar-refractivity contribution in [3.05, 3.63) is 16.1 Å². The van der Waals surface area contributed by atoms with Crippen LogP contribution in [0, 0.1) is 0 Å². The van der Waals surface area contributed by atoms with E-state index in [1.165, 1.54) is 9.88 Å². The summed E-state index contributed by atoms with van der Waals surface area (Å²) in [6.07, 6.45) is 2.93. The summed E-state index contributed by atoms with van der Waals surface area (Å²) < 4.78 is 5.12. The number of nitrogens with zero attached hydrogens (tertiary/aromatic N) is 1. The van der Waals surface area contributed by atoms with Crippen LogP contribution in [0.15, 0.2) is 6.20 Å². The van der Waals surface area contributed by atoms with Gasteiger partial charge in [0.25, 0.3) is 0 Å². The summed E-state index contributed by atoms with van der Waals surface area (Å²) in [5, 5.41) is 12.9. The van der Waals surface area contributed by atoms with Gasteiger partial charge in [-0.25, -0.2) is 4.98 Å². The summed E-state index contributed by atoms with van der Waals surface area (Å²) in [5.41, 5.74) is 0. The minimum atomic E-state index is 0.0920. The molecule has 2 N–H and O–H groups in total. The Labute approximate surface area is 94.3 Å². The summed E-state index contributed by atoms with van der Waals surface area (Å²) in [6, 6.07) is 0. The summed E-state index contributed by atoms with van der Waals surface area (Å²) in [7, 11) is 0. The van der Waals surface area contributed by atoms with Crippen molar-refractivity contribution in [1.82, 2.24) is 10.3 Å². The van der Waals surface area contributed by atoms with Gasteiger partial charge in [0, 0.05) is 24.2 Å². The van der Waals surface area contributed by atoms with Crippen LogP contribution in [0.2, 0.25) is 0 Å². The van der Waals surface area contributed by atoms with Gasteiger partial charge in [-0.3, -0.25) is 0 Å². The second-order valence-electron chi connectivity index (χ2n) is 3.09. The number of hydrogen-bond donors (Lipinski definition) is 2. The quantitative estimate of drug-likeness (QED) is 0.649. The largest absolute Gasteiger partial charge is 0.394 e. The lowest BCUT2D eigenvalue weighted by atomic mass is 10.5. The van der Waals surface area contributed by atoms with Crippen molar-refractivity contribution in [1.29, 1.82) is 0 Å². The number of rotatable bonds is 8. The first-order valence-electron chi connectivity index (χ1n) is 5.19. The highest BCUT2D eigenvalue weighted by atomic mass is 32.1. The van der Waals surface area contributed by atoms with E-state index in [2.05, 4.69) is 17.2 Å². The fourth-order valence-corrected chi connectivity index (χ4v) is 1.95. The second-order valence-corrected chi connectivity index (χ2v) is 4.29. The Bertz CT molecular complexity index is 266. The third-order valence-electron chi connectivity index (χ3n) is 1.86. The number of nitrogens with one attached hydrogen (secondary N) is 1. The van der Waals surface area contributed by atoms with Crippen molar-refractivity contribution in [2.24, 2.45) is 0 Å². The van der Waals surface area contributed by atoms with Crippen LogP contribution in [0.4, 0.5) is 0 Å². The molecular weight excluding hydrogens is 212 g/mol. The lowest BCUT2D eigenvalue weighted by molar-refractivity contribution is 0.0938. The zero-order valence-electron chi connectivity index (χ0n) is 9.03. The Balaban J connectivity index is 2.04. The maximum atomic E-state index is 8.48. The third-order valence-corrected chi connectivity index (χ3v) is 3.00. The van der Waals surface area contributed by atoms with Gasteiger partial charge in [0.05, 0.1) is 24.8 Å². The Morgan fingerprint density at radius 1 is 1.53 bits per heavy atom. The van der Waals surface area contributed by atoms with Gasteiger partial charge in [0.1, 0.15) is 0 Å². The zero-order chi connectivity index (χ0) is 10.9. The highest BCUT2D eigenvalue weighted by Crippen LogP contribution is 2.12. The van der Waals surface area contributed by atoms with E-state index in [0.29, 0.717) is 13.2 Å². The molecule has 0 aliphatic heterocycles. The number of hydrogen-bond acceptors (Lipinski definition) is 5. The van der Waals surface area contributed by atoms with E-state index in [1.807, 2.05) is 6.20 Å². The molecule has 0 spiro atoms. The smallest absolute Gasteiger partial charge is 0.0925 e. The topological polar surface area (TPSA) is 54.4 Å². The molecule has 0 aliphatic rings. The van der Waals surface area contributed by atoms with Crippen molar-refractivity contribution >= 4 is 11.3 Å². The van der Waals surface area contributed by atoms with E-state index < -0.39 is 0 Å². The number of aromatic nitrogens is 1. The monoisotopic (exact) mass is 230 g/mol. The maximum absolute atomic E-state index is 8.48. The first-order chi connectivity index (χ1) is 7.36. The number of aryl methyl sites for hydroxylation is 1. The SMILES string of the molecule is CCc1ncc(CNCCOCCO)s1. The molecule has 0 radical (unpaired) electrons. The van der Waals surface area contributed by atoms with Crippen molar-refractivity contribution in [2.75, 3.05) is 26.4 Å². The Kier molecular flexibility index (Phi) is 6.50. The van der Waals surface area contributed by atoms with E-state index >= 15 is 0 Å². The van der Waals surface area contributed by atoms with Gasteiger partial charge in [-0.2, -0.15) is 0 Å². The van der Waals surface area contributed by atoms with E-state index in [-0.39, 0.29) is 6.61 Å². The van der Waals surface area contributed by atoms with Gasteiger partial charge < -0.3 is 15.2 Å². The Morgan fingerprint density at radius 3 is 3.07 bits per heavy atom. The van der Waals surface area contributed by atoms with Crippen LogP contribution in [-0.4, -0.2) is 36.5 Å². The number of aliphatic hydroxyl groups excluding tert-OH is 1. The molecule has 0 fully saturated rings. The van der Waals surface area contributed by atoms with Crippen LogP contribution in [0.1, 0.15) is 16.8 Å². The van der Waals surface area contributed by atoms with Crippen molar-refractivity contribution < 1.29 is 9.84 Å². The molecule has 0 bridgehead atoms. The molecule has 15 heavy (non-hydrogen) atoms. The molecule has 0 unspecified atom stereocenters. The number of aliphatic hydroxyl groups is 1. The van der Waals surface area contributed by atoms with Crippen LogP contribution < -0.4 is 5.32 Å². The zero-order valence-corrected chi connectivity index (χ0v) is 9.85. The average molecular weight is 230 g/mol. The highest BCUT2D eigenvalue weighted by Gasteiger charge is 1.98. The second kappa shape index (κ2) is 7.76. The highest BCUT2D eigenvalue weighted by molar-refractivity contribution is 7.11. The number of thiazole rings is 1. The average Bonchev–Trinajstić information content (AvgIpc) is 2.71. The predicted octanol–water partition coefficient (Wildman–Crippen LogP) is 0.804. The number of ether oxygens (including phenoxy) is 1. The van der Waals surface area contributed by atoms with Gasteiger partial charge in [-0.1, -0.05) is 6.92 Å². The molecule has 0 atom stereocenters. The van der Waals surface area contributed by atoms with E-state index in [9.17, 15) is 0 Å². The predicted molar refractivity (Wildman–Crippen MR) is 61.1 cm³/mol. The molecular formula is C10H18N2O2S. The molecule has 0 aromatic carbocycles. The van der Waals surface area contributed by atoms with Crippen LogP contribution in [-0.2, 0) is 17.7 Å². The molecule has 1 rings (SSSR count). The van der Waals surface area contributed by atoms with Gasteiger partial charge in [-0.05, 0) is 6.42 Å². The fourth-order valence-electron chi connectivity index (χ4n) is 1.12. The standard InChI is InChI=1S/C10H18N2O2S/c1-2-10-12-8-9(15-10)7-11-3-5-14-6-4-13/h8,11,13H,2-7H2,1H3. The first kappa shape index (κ1) is 12.6.